The van der Waals surface area contributed by atoms with E-state index in [4.69, 9.17) is 9.26 Å². The average Bonchev–Trinajstić information content (AvgIpc) is 3.34. The molecule has 1 amide bonds. The van der Waals surface area contributed by atoms with E-state index in [0.717, 1.165) is 22.8 Å². The van der Waals surface area contributed by atoms with Gasteiger partial charge in [0.15, 0.2) is 0 Å². The van der Waals surface area contributed by atoms with E-state index in [-0.39, 0.29) is 11.9 Å². The number of hydrogen-bond acceptors (Lipinski definition) is 4. The van der Waals surface area contributed by atoms with Gasteiger partial charge >= 0.3 is 0 Å². The minimum atomic E-state index is -0.0262. The summed E-state index contributed by atoms with van der Waals surface area (Å²) in [5.74, 6) is 2.11. The van der Waals surface area contributed by atoms with Crippen LogP contribution in [-0.2, 0) is 6.61 Å². The van der Waals surface area contributed by atoms with Gasteiger partial charge < -0.3 is 14.6 Å². The molecule has 1 aromatic heterocycles. The monoisotopic (exact) mass is 314 g/mol. The zero-order valence-electron chi connectivity index (χ0n) is 13.8. The number of aromatic nitrogens is 1. The van der Waals surface area contributed by atoms with Crippen LogP contribution in [0.4, 0.5) is 0 Å². The largest absolute Gasteiger partial charge is 0.489 e. The Labute approximate surface area is 136 Å². The van der Waals surface area contributed by atoms with Crippen molar-refractivity contribution in [3.8, 4) is 5.75 Å². The second-order valence-electron chi connectivity index (χ2n) is 6.22. The van der Waals surface area contributed by atoms with Crippen LogP contribution in [0.3, 0.4) is 0 Å². The molecule has 0 spiro atoms. The molecule has 122 valence electrons. The summed E-state index contributed by atoms with van der Waals surface area (Å²) in [6.45, 7) is 6.24. The lowest BCUT2D eigenvalue weighted by atomic mass is 10.1. The average molecular weight is 314 g/mol. The molecule has 1 saturated carbocycles. The number of ether oxygens (including phenoxy) is 1. The number of carbonyl (C=O) groups is 1. The summed E-state index contributed by atoms with van der Waals surface area (Å²) in [7, 11) is 0. The molecule has 1 heterocycles. The predicted octanol–water partition coefficient (Wildman–Crippen LogP) is 3.40. The van der Waals surface area contributed by atoms with Crippen molar-refractivity contribution in [2.45, 2.75) is 46.3 Å². The smallest absolute Gasteiger partial charge is 0.251 e. The molecule has 2 aromatic rings. The van der Waals surface area contributed by atoms with Gasteiger partial charge in [-0.05, 0) is 63.8 Å². The Bertz CT molecular complexity index is 667. The van der Waals surface area contributed by atoms with Crippen molar-refractivity contribution in [2.75, 3.05) is 0 Å². The van der Waals surface area contributed by atoms with Gasteiger partial charge in [-0.2, -0.15) is 0 Å². The quantitative estimate of drug-likeness (QED) is 0.887. The minimum absolute atomic E-state index is 0.0262. The molecule has 0 radical (unpaired) electrons. The Kier molecular flexibility index (Phi) is 4.37. The summed E-state index contributed by atoms with van der Waals surface area (Å²) in [5, 5.41) is 6.95. The molecule has 5 nitrogen and oxygen atoms in total. The second-order valence-corrected chi connectivity index (χ2v) is 6.22. The lowest BCUT2D eigenvalue weighted by Gasteiger charge is -2.13. The highest BCUT2D eigenvalue weighted by Gasteiger charge is 2.29. The van der Waals surface area contributed by atoms with E-state index < -0.39 is 0 Å². The fraction of sp³-hybridized carbons (Fsp3) is 0.444. The Hall–Kier alpha value is -2.30. The van der Waals surface area contributed by atoms with Crippen LogP contribution in [0.2, 0.25) is 0 Å². The van der Waals surface area contributed by atoms with E-state index in [1.807, 2.05) is 26.0 Å². The fourth-order valence-corrected chi connectivity index (χ4v) is 2.57. The molecule has 1 aliphatic rings. The summed E-state index contributed by atoms with van der Waals surface area (Å²) in [6.07, 6.45) is 2.44. The van der Waals surface area contributed by atoms with Crippen LogP contribution in [0.1, 0.15) is 47.1 Å². The van der Waals surface area contributed by atoms with Crippen LogP contribution in [0, 0.1) is 19.8 Å². The molecule has 0 aliphatic heterocycles. The first-order valence-corrected chi connectivity index (χ1v) is 8.00. The third-order valence-corrected chi connectivity index (χ3v) is 4.37. The van der Waals surface area contributed by atoms with Crippen molar-refractivity contribution in [3.63, 3.8) is 0 Å². The maximum Gasteiger partial charge on any atom is 0.251 e. The molecule has 1 N–H and O–H groups in total. The number of aryl methyl sites for hydroxylation is 2. The molecular formula is C18H22N2O3. The molecule has 1 aromatic carbocycles. The van der Waals surface area contributed by atoms with E-state index in [1.54, 1.807) is 12.1 Å². The molecule has 1 fully saturated rings. The van der Waals surface area contributed by atoms with Gasteiger partial charge in [0, 0.05) is 11.6 Å². The van der Waals surface area contributed by atoms with E-state index in [9.17, 15) is 4.79 Å². The molecule has 0 saturated heterocycles. The second kappa shape index (κ2) is 6.44. The number of amides is 1. The zero-order chi connectivity index (χ0) is 16.4. The van der Waals surface area contributed by atoms with Crippen molar-refractivity contribution >= 4 is 5.91 Å². The van der Waals surface area contributed by atoms with E-state index >= 15 is 0 Å². The first-order chi connectivity index (χ1) is 11.0. The van der Waals surface area contributed by atoms with E-state index in [0.29, 0.717) is 18.1 Å². The zero-order valence-corrected chi connectivity index (χ0v) is 13.8. The van der Waals surface area contributed by atoms with Gasteiger partial charge in [0.25, 0.3) is 5.91 Å². The van der Waals surface area contributed by atoms with Gasteiger partial charge in [0.1, 0.15) is 18.1 Å². The van der Waals surface area contributed by atoms with Crippen LogP contribution < -0.4 is 10.1 Å². The predicted molar refractivity (Wildman–Crippen MR) is 86.4 cm³/mol. The van der Waals surface area contributed by atoms with Crippen molar-refractivity contribution in [1.29, 1.82) is 0 Å². The van der Waals surface area contributed by atoms with Crippen LogP contribution in [-0.4, -0.2) is 17.1 Å². The fourth-order valence-electron chi connectivity index (χ4n) is 2.57. The molecular weight excluding hydrogens is 292 g/mol. The molecule has 5 heteroatoms. The summed E-state index contributed by atoms with van der Waals surface area (Å²) in [6, 6.07) is 7.46. The third-order valence-electron chi connectivity index (χ3n) is 4.37. The first kappa shape index (κ1) is 15.6. The maximum atomic E-state index is 12.2. The van der Waals surface area contributed by atoms with Gasteiger partial charge in [-0.1, -0.05) is 5.16 Å². The molecule has 3 rings (SSSR count). The molecule has 1 aliphatic carbocycles. The van der Waals surface area contributed by atoms with Crippen molar-refractivity contribution in [2.24, 2.45) is 5.92 Å². The Morgan fingerprint density at radius 1 is 1.35 bits per heavy atom. The maximum absolute atomic E-state index is 12.2. The highest BCUT2D eigenvalue weighted by Crippen LogP contribution is 2.32. The number of rotatable bonds is 6. The summed E-state index contributed by atoms with van der Waals surface area (Å²) in [5.41, 5.74) is 2.46. The molecule has 0 bridgehead atoms. The molecule has 23 heavy (non-hydrogen) atoms. The Morgan fingerprint density at radius 2 is 2.04 bits per heavy atom. The standard InChI is InChI=1S/C18H22N2O3/c1-11(14-4-5-14)19-18(21)15-6-8-16(9-7-15)22-10-17-12(2)20-23-13(17)3/h6-9,11,14H,4-5,10H2,1-3H3,(H,19,21). The van der Waals surface area contributed by atoms with Gasteiger partial charge in [-0.15, -0.1) is 0 Å². The number of hydrogen-bond donors (Lipinski definition) is 1. The van der Waals surface area contributed by atoms with Crippen molar-refractivity contribution < 1.29 is 14.1 Å². The Balaban J connectivity index is 1.57. The van der Waals surface area contributed by atoms with E-state index in [2.05, 4.69) is 17.4 Å². The van der Waals surface area contributed by atoms with Gasteiger partial charge in [0.05, 0.1) is 11.3 Å². The van der Waals surface area contributed by atoms with Crippen molar-refractivity contribution in [1.82, 2.24) is 10.5 Å². The number of nitrogens with one attached hydrogen (secondary N) is 1. The molecule has 1 unspecified atom stereocenters. The number of benzene rings is 1. The van der Waals surface area contributed by atoms with E-state index in [1.165, 1.54) is 12.8 Å². The topological polar surface area (TPSA) is 64.4 Å². The lowest BCUT2D eigenvalue weighted by molar-refractivity contribution is 0.0936. The van der Waals surface area contributed by atoms with Crippen LogP contribution in [0.5, 0.6) is 5.75 Å². The minimum Gasteiger partial charge on any atom is -0.489 e. The summed E-state index contributed by atoms with van der Waals surface area (Å²) < 4.78 is 10.9. The SMILES string of the molecule is Cc1noc(C)c1COc1ccc(C(=O)NC(C)C2CC2)cc1. The van der Waals surface area contributed by atoms with Crippen molar-refractivity contribution in [3.05, 3.63) is 46.8 Å². The third kappa shape index (κ3) is 3.73. The van der Waals surface area contributed by atoms with Crippen LogP contribution >= 0.6 is 0 Å². The number of carbonyl (C=O) groups excluding carboxylic acids is 1. The van der Waals surface area contributed by atoms with Crippen LogP contribution in [0.15, 0.2) is 28.8 Å². The van der Waals surface area contributed by atoms with Gasteiger partial charge in [-0.3, -0.25) is 4.79 Å². The van der Waals surface area contributed by atoms with Gasteiger partial charge in [-0.25, -0.2) is 0 Å². The number of nitrogens with zero attached hydrogens (tertiary/aromatic N) is 1. The normalized spacial score (nSPS) is 15.3. The first-order valence-electron chi connectivity index (χ1n) is 8.00. The van der Waals surface area contributed by atoms with Gasteiger partial charge in [0.2, 0.25) is 0 Å². The van der Waals surface area contributed by atoms with Crippen LogP contribution in [0.25, 0.3) is 0 Å². The highest BCUT2D eigenvalue weighted by atomic mass is 16.5. The lowest BCUT2D eigenvalue weighted by Crippen LogP contribution is -2.33. The summed E-state index contributed by atoms with van der Waals surface area (Å²) >= 11 is 0. The summed E-state index contributed by atoms with van der Waals surface area (Å²) in [4.78, 5) is 12.2. The Morgan fingerprint density at radius 3 is 2.61 bits per heavy atom. The molecule has 1 atom stereocenters. The highest BCUT2D eigenvalue weighted by molar-refractivity contribution is 5.94.